The van der Waals surface area contributed by atoms with Crippen LogP contribution in [0.2, 0.25) is 6.04 Å². The third-order valence-corrected chi connectivity index (χ3v) is 3.04. The Hall–Kier alpha value is 0.177. The van der Waals surface area contributed by atoms with E-state index < -0.39 is 0 Å². The van der Waals surface area contributed by atoms with Gasteiger partial charge in [0.25, 0.3) is 0 Å². The molecule has 0 aliphatic rings. The minimum atomic E-state index is 0.727. The average Bonchev–Trinajstić information content (AvgIpc) is 2.21. The van der Waals surface area contributed by atoms with Gasteiger partial charge >= 0.3 is 0 Å². The van der Waals surface area contributed by atoms with Crippen LogP contribution in [0.3, 0.4) is 0 Å². The predicted octanol–water partition coefficient (Wildman–Crippen LogP) is 4.20. The highest BCUT2D eigenvalue weighted by Gasteiger charge is 1.92. The van der Waals surface area contributed by atoms with Crippen LogP contribution in [0.5, 0.6) is 0 Å². The van der Waals surface area contributed by atoms with Gasteiger partial charge in [0, 0.05) is 6.61 Å². The van der Waals surface area contributed by atoms with Crippen LogP contribution in [0.25, 0.3) is 0 Å². The first-order chi connectivity index (χ1) is 6.91. The van der Waals surface area contributed by atoms with E-state index in [1.807, 2.05) is 0 Å². The molecule has 0 rings (SSSR count). The van der Waals surface area contributed by atoms with E-state index in [1.54, 1.807) is 0 Å². The molecule has 0 aromatic rings. The molecule has 0 aliphatic heterocycles. The van der Waals surface area contributed by atoms with E-state index in [9.17, 15) is 0 Å². The monoisotopic (exact) mass is 214 g/mol. The van der Waals surface area contributed by atoms with E-state index in [4.69, 9.17) is 4.43 Å². The molecule has 14 heavy (non-hydrogen) atoms. The van der Waals surface area contributed by atoms with Crippen LogP contribution < -0.4 is 0 Å². The lowest BCUT2D eigenvalue weighted by atomic mass is 10.1. The van der Waals surface area contributed by atoms with Crippen molar-refractivity contribution in [3.63, 3.8) is 0 Å². The van der Waals surface area contributed by atoms with Crippen molar-refractivity contribution in [1.29, 1.82) is 0 Å². The summed E-state index contributed by atoms with van der Waals surface area (Å²) in [6.07, 6.45) is 11.1. The number of unbranched alkanes of at least 4 members (excludes halogenated alkanes) is 7. The molecule has 0 heterocycles. The number of hydrogen-bond acceptors (Lipinski definition) is 1. The molecule has 0 fully saturated rings. The Kier molecular flexibility index (Phi) is 13.3. The van der Waals surface area contributed by atoms with Gasteiger partial charge in [-0.3, -0.25) is 0 Å². The van der Waals surface area contributed by atoms with Gasteiger partial charge in [0.15, 0.2) is 0 Å². The molecule has 0 aliphatic carbocycles. The summed E-state index contributed by atoms with van der Waals surface area (Å²) in [7, 11) is 0.727. The molecular weight excluding hydrogens is 188 g/mol. The van der Waals surface area contributed by atoms with E-state index in [2.05, 4.69) is 13.8 Å². The van der Waals surface area contributed by atoms with Crippen molar-refractivity contribution in [1.82, 2.24) is 0 Å². The quantitative estimate of drug-likeness (QED) is 0.370. The Morgan fingerprint density at radius 1 is 0.786 bits per heavy atom. The largest absolute Gasteiger partial charge is 0.417 e. The van der Waals surface area contributed by atoms with Crippen LogP contribution >= 0.6 is 0 Å². The molecule has 1 nitrogen and oxygen atoms in total. The Bertz CT molecular complexity index is 84.3. The standard InChI is InChI=1S/C12H26OSi/c1-3-5-6-7-8-9-10-11-12-13-14-4-2/h3-12H2,1-2H3. The van der Waals surface area contributed by atoms with Crippen molar-refractivity contribution >= 4 is 9.76 Å². The SMILES string of the molecule is CCCCCCCCCCO[Si]CC. The van der Waals surface area contributed by atoms with E-state index in [-0.39, 0.29) is 0 Å². The van der Waals surface area contributed by atoms with Crippen molar-refractivity contribution in [3.05, 3.63) is 0 Å². The highest BCUT2D eigenvalue weighted by Crippen LogP contribution is 2.08. The molecule has 2 heteroatoms. The number of rotatable bonds is 11. The minimum absolute atomic E-state index is 0.727. The smallest absolute Gasteiger partial charge is 0.229 e. The van der Waals surface area contributed by atoms with Crippen molar-refractivity contribution in [2.75, 3.05) is 6.61 Å². The lowest BCUT2D eigenvalue weighted by Gasteiger charge is -2.02. The molecular formula is C12H26OSi. The fourth-order valence-corrected chi connectivity index (χ4v) is 1.98. The summed E-state index contributed by atoms with van der Waals surface area (Å²) >= 11 is 0. The normalized spacial score (nSPS) is 10.7. The van der Waals surface area contributed by atoms with Gasteiger partial charge in [0.05, 0.1) is 0 Å². The van der Waals surface area contributed by atoms with Gasteiger partial charge in [-0.2, -0.15) is 0 Å². The lowest BCUT2D eigenvalue weighted by Crippen LogP contribution is -1.98. The van der Waals surface area contributed by atoms with Crippen molar-refractivity contribution in [2.24, 2.45) is 0 Å². The summed E-state index contributed by atoms with van der Waals surface area (Å²) in [6, 6.07) is 1.18. The Morgan fingerprint density at radius 3 is 1.93 bits per heavy atom. The molecule has 0 saturated carbocycles. The van der Waals surface area contributed by atoms with Crippen molar-refractivity contribution in [3.8, 4) is 0 Å². The van der Waals surface area contributed by atoms with Gasteiger partial charge in [0.2, 0.25) is 9.76 Å². The highest BCUT2D eigenvalue weighted by molar-refractivity contribution is 6.26. The Labute approximate surface area is 92.6 Å². The summed E-state index contributed by atoms with van der Waals surface area (Å²) in [6.45, 7) is 5.43. The first kappa shape index (κ1) is 14.2. The van der Waals surface area contributed by atoms with Crippen LogP contribution in [0.1, 0.15) is 65.2 Å². The van der Waals surface area contributed by atoms with Gasteiger partial charge in [0.1, 0.15) is 0 Å². The van der Waals surface area contributed by atoms with Gasteiger partial charge in [-0.15, -0.1) is 0 Å². The predicted molar refractivity (Wildman–Crippen MR) is 64.8 cm³/mol. The first-order valence-electron chi connectivity index (χ1n) is 6.26. The van der Waals surface area contributed by atoms with Crippen molar-refractivity contribution in [2.45, 2.75) is 71.3 Å². The zero-order valence-electron chi connectivity index (χ0n) is 9.98. The average molecular weight is 214 g/mol. The Morgan fingerprint density at radius 2 is 1.36 bits per heavy atom. The zero-order valence-corrected chi connectivity index (χ0v) is 11.0. The minimum Gasteiger partial charge on any atom is -0.417 e. The second kappa shape index (κ2) is 13.2. The molecule has 0 atom stereocenters. The molecule has 0 aromatic heterocycles. The van der Waals surface area contributed by atoms with E-state index in [0.29, 0.717) is 0 Å². The van der Waals surface area contributed by atoms with Crippen LogP contribution in [0.4, 0.5) is 0 Å². The van der Waals surface area contributed by atoms with Gasteiger partial charge in [-0.05, 0) is 12.5 Å². The topological polar surface area (TPSA) is 9.23 Å². The zero-order chi connectivity index (χ0) is 10.5. The maximum Gasteiger partial charge on any atom is 0.229 e. The molecule has 0 aromatic carbocycles. The van der Waals surface area contributed by atoms with Crippen LogP contribution in [-0.2, 0) is 4.43 Å². The fraction of sp³-hybridized carbons (Fsp3) is 1.00. The third kappa shape index (κ3) is 12.2. The highest BCUT2D eigenvalue weighted by atomic mass is 28.2. The summed E-state index contributed by atoms with van der Waals surface area (Å²) in [4.78, 5) is 0. The molecule has 0 amide bonds. The summed E-state index contributed by atoms with van der Waals surface area (Å²) in [5.41, 5.74) is 0. The van der Waals surface area contributed by atoms with Crippen molar-refractivity contribution < 1.29 is 4.43 Å². The number of hydrogen-bond donors (Lipinski definition) is 0. The van der Waals surface area contributed by atoms with E-state index >= 15 is 0 Å². The maximum absolute atomic E-state index is 5.46. The molecule has 0 bridgehead atoms. The fourth-order valence-electron chi connectivity index (χ4n) is 1.48. The van der Waals surface area contributed by atoms with Crippen LogP contribution in [0.15, 0.2) is 0 Å². The first-order valence-corrected chi connectivity index (χ1v) is 7.38. The van der Waals surface area contributed by atoms with E-state index in [1.165, 1.54) is 57.4 Å². The van der Waals surface area contributed by atoms with Gasteiger partial charge in [-0.25, -0.2) is 0 Å². The summed E-state index contributed by atoms with van der Waals surface area (Å²) in [5.74, 6) is 0. The van der Waals surface area contributed by atoms with Gasteiger partial charge < -0.3 is 4.43 Å². The maximum atomic E-state index is 5.46. The second-order valence-corrected chi connectivity index (χ2v) is 5.11. The summed E-state index contributed by atoms with van der Waals surface area (Å²) in [5, 5.41) is 0. The molecule has 0 saturated heterocycles. The molecule has 0 unspecified atom stereocenters. The van der Waals surface area contributed by atoms with Crippen LogP contribution in [0, 0.1) is 0 Å². The Balaban J connectivity index is 2.78. The molecule has 2 radical (unpaired) electrons. The lowest BCUT2D eigenvalue weighted by molar-refractivity contribution is 0.320. The second-order valence-electron chi connectivity index (χ2n) is 3.82. The van der Waals surface area contributed by atoms with Crippen LogP contribution in [-0.4, -0.2) is 16.4 Å². The van der Waals surface area contributed by atoms with E-state index in [0.717, 1.165) is 16.4 Å². The molecule has 0 spiro atoms. The van der Waals surface area contributed by atoms with Gasteiger partial charge in [-0.1, -0.05) is 58.8 Å². The molecule has 0 N–H and O–H groups in total. The molecule has 84 valence electrons. The third-order valence-electron chi connectivity index (χ3n) is 2.35. The summed E-state index contributed by atoms with van der Waals surface area (Å²) < 4.78 is 5.46.